The summed E-state index contributed by atoms with van der Waals surface area (Å²) >= 11 is 0. The lowest BCUT2D eigenvalue weighted by molar-refractivity contribution is -0.129. The zero-order valence-electron chi connectivity index (χ0n) is 8.60. The predicted molar refractivity (Wildman–Crippen MR) is 57.1 cm³/mol. The molecule has 15 heavy (non-hydrogen) atoms. The fraction of sp³-hybridized carbons (Fsp3) is 0.455. The van der Waals surface area contributed by atoms with Crippen LogP contribution in [0.25, 0.3) is 0 Å². The minimum absolute atomic E-state index is 0.127. The minimum Gasteiger partial charge on any atom is -0.341 e. The number of hydrogen-bond donors (Lipinski definition) is 1. The molecule has 1 aromatic heterocycles. The van der Waals surface area contributed by atoms with Gasteiger partial charge >= 0.3 is 0 Å². The number of nitrogens with zero attached hydrogens (tertiary/aromatic N) is 2. The highest BCUT2D eigenvalue weighted by Gasteiger charge is 2.23. The number of carbonyl (C=O) groups is 1. The van der Waals surface area contributed by atoms with E-state index in [1.165, 1.54) is 0 Å². The van der Waals surface area contributed by atoms with Crippen molar-refractivity contribution in [2.24, 2.45) is 5.73 Å². The van der Waals surface area contributed by atoms with E-state index in [1.807, 2.05) is 23.1 Å². The molecule has 0 saturated carbocycles. The van der Waals surface area contributed by atoms with Crippen molar-refractivity contribution in [3.63, 3.8) is 0 Å². The fourth-order valence-corrected chi connectivity index (χ4v) is 1.78. The standard InChI is InChI=1S/C11H15N3O/c12-9-4-6-14(8-9)11(15)7-10-3-1-2-5-13-10/h1-3,5,9H,4,6-8,12H2. The third-order valence-corrected chi connectivity index (χ3v) is 2.64. The lowest BCUT2D eigenvalue weighted by Gasteiger charge is -2.15. The van der Waals surface area contributed by atoms with Crippen LogP contribution in [0.4, 0.5) is 0 Å². The van der Waals surface area contributed by atoms with Crippen LogP contribution in [0.5, 0.6) is 0 Å². The van der Waals surface area contributed by atoms with Crippen molar-refractivity contribution in [1.29, 1.82) is 0 Å². The highest BCUT2D eigenvalue weighted by atomic mass is 16.2. The van der Waals surface area contributed by atoms with Gasteiger partial charge in [0.15, 0.2) is 0 Å². The number of carbonyl (C=O) groups excluding carboxylic acids is 1. The van der Waals surface area contributed by atoms with Crippen molar-refractivity contribution < 1.29 is 4.79 Å². The first-order chi connectivity index (χ1) is 7.25. The normalized spacial score (nSPS) is 20.6. The number of hydrogen-bond acceptors (Lipinski definition) is 3. The van der Waals surface area contributed by atoms with Crippen LogP contribution in [-0.2, 0) is 11.2 Å². The Kier molecular flexibility index (Phi) is 2.97. The zero-order valence-corrected chi connectivity index (χ0v) is 8.60. The third-order valence-electron chi connectivity index (χ3n) is 2.64. The molecule has 0 aliphatic carbocycles. The molecular formula is C11H15N3O. The maximum atomic E-state index is 11.8. The van der Waals surface area contributed by atoms with E-state index in [0.29, 0.717) is 13.0 Å². The maximum Gasteiger partial charge on any atom is 0.228 e. The number of aromatic nitrogens is 1. The SMILES string of the molecule is NC1CCN(C(=O)Cc2ccccn2)C1. The van der Waals surface area contributed by atoms with Crippen LogP contribution in [0, 0.1) is 0 Å². The van der Waals surface area contributed by atoms with Crippen molar-refractivity contribution in [2.75, 3.05) is 13.1 Å². The summed E-state index contributed by atoms with van der Waals surface area (Å²) in [4.78, 5) is 17.7. The fourth-order valence-electron chi connectivity index (χ4n) is 1.78. The molecule has 1 unspecified atom stereocenters. The predicted octanol–water partition coefficient (Wildman–Crippen LogP) is 0.184. The second-order valence-corrected chi connectivity index (χ2v) is 3.89. The summed E-state index contributed by atoms with van der Waals surface area (Å²) in [6.07, 6.45) is 3.00. The van der Waals surface area contributed by atoms with Gasteiger partial charge in [0.25, 0.3) is 0 Å². The van der Waals surface area contributed by atoms with Gasteiger partial charge in [0.05, 0.1) is 6.42 Å². The van der Waals surface area contributed by atoms with Gasteiger partial charge in [0.2, 0.25) is 5.91 Å². The van der Waals surface area contributed by atoms with E-state index in [0.717, 1.165) is 18.7 Å². The number of pyridine rings is 1. The van der Waals surface area contributed by atoms with Gasteiger partial charge in [-0.1, -0.05) is 6.07 Å². The molecule has 80 valence electrons. The molecule has 1 amide bonds. The molecule has 1 fully saturated rings. The summed E-state index contributed by atoms with van der Waals surface area (Å²) in [5.41, 5.74) is 6.57. The topological polar surface area (TPSA) is 59.2 Å². The van der Waals surface area contributed by atoms with Gasteiger partial charge in [-0.05, 0) is 18.6 Å². The van der Waals surface area contributed by atoms with Crippen LogP contribution in [0.3, 0.4) is 0 Å². The summed E-state index contributed by atoms with van der Waals surface area (Å²) in [6, 6.07) is 5.76. The first-order valence-corrected chi connectivity index (χ1v) is 5.19. The van der Waals surface area contributed by atoms with E-state index >= 15 is 0 Å². The quantitative estimate of drug-likeness (QED) is 0.749. The van der Waals surface area contributed by atoms with E-state index < -0.39 is 0 Å². The van der Waals surface area contributed by atoms with Gasteiger partial charge in [-0.3, -0.25) is 9.78 Å². The Labute approximate surface area is 89.1 Å². The van der Waals surface area contributed by atoms with Gasteiger partial charge in [-0.2, -0.15) is 0 Å². The molecule has 2 N–H and O–H groups in total. The largest absolute Gasteiger partial charge is 0.341 e. The van der Waals surface area contributed by atoms with Gasteiger partial charge in [-0.15, -0.1) is 0 Å². The van der Waals surface area contributed by atoms with Crippen molar-refractivity contribution in [3.05, 3.63) is 30.1 Å². The first-order valence-electron chi connectivity index (χ1n) is 5.19. The Hall–Kier alpha value is -1.42. The number of amides is 1. The van der Waals surface area contributed by atoms with Gasteiger partial charge in [-0.25, -0.2) is 0 Å². The van der Waals surface area contributed by atoms with Crippen molar-refractivity contribution >= 4 is 5.91 Å². The summed E-state index contributed by atoms with van der Waals surface area (Å²) in [5.74, 6) is 0.127. The highest BCUT2D eigenvalue weighted by molar-refractivity contribution is 5.78. The van der Waals surface area contributed by atoms with Crippen LogP contribution in [0.15, 0.2) is 24.4 Å². The van der Waals surface area contributed by atoms with Gasteiger partial charge < -0.3 is 10.6 Å². The van der Waals surface area contributed by atoms with E-state index in [1.54, 1.807) is 6.20 Å². The second kappa shape index (κ2) is 4.40. The number of likely N-dealkylation sites (tertiary alicyclic amines) is 1. The van der Waals surface area contributed by atoms with Crippen LogP contribution in [-0.4, -0.2) is 34.9 Å². The Morgan fingerprint density at radius 2 is 2.47 bits per heavy atom. The Balaban J connectivity index is 1.93. The van der Waals surface area contributed by atoms with Crippen molar-refractivity contribution in [3.8, 4) is 0 Å². The average Bonchev–Trinajstić information content (AvgIpc) is 2.66. The molecule has 0 aromatic carbocycles. The third kappa shape index (κ3) is 2.53. The van der Waals surface area contributed by atoms with Gasteiger partial charge in [0, 0.05) is 31.0 Å². The lowest BCUT2D eigenvalue weighted by atomic mass is 10.2. The van der Waals surface area contributed by atoms with Crippen LogP contribution in [0.1, 0.15) is 12.1 Å². The smallest absolute Gasteiger partial charge is 0.228 e. The molecule has 2 rings (SSSR count). The summed E-state index contributed by atoms with van der Waals surface area (Å²) in [6.45, 7) is 1.47. The maximum absolute atomic E-state index is 11.8. The molecule has 2 heterocycles. The molecule has 1 saturated heterocycles. The number of nitrogens with two attached hydrogens (primary N) is 1. The summed E-state index contributed by atoms with van der Waals surface area (Å²) < 4.78 is 0. The van der Waals surface area contributed by atoms with Crippen LogP contribution in [0.2, 0.25) is 0 Å². The molecular weight excluding hydrogens is 190 g/mol. The zero-order chi connectivity index (χ0) is 10.7. The molecule has 4 heteroatoms. The molecule has 4 nitrogen and oxygen atoms in total. The van der Waals surface area contributed by atoms with Crippen molar-refractivity contribution in [2.45, 2.75) is 18.9 Å². The second-order valence-electron chi connectivity index (χ2n) is 3.89. The molecule has 0 bridgehead atoms. The van der Waals surface area contributed by atoms with E-state index in [-0.39, 0.29) is 11.9 Å². The molecule has 0 radical (unpaired) electrons. The summed E-state index contributed by atoms with van der Waals surface area (Å²) in [5, 5.41) is 0. The van der Waals surface area contributed by atoms with E-state index in [4.69, 9.17) is 5.73 Å². The lowest BCUT2D eigenvalue weighted by Crippen LogP contribution is -2.33. The molecule has 1 aromatic rings. The Morgan fingerprint density at radius 3 is 3.07 bits per heavy atom. The van der Waals surface area contributed by atoms with Crippen molar-refractivity contribution in [1.82, 2.24) is 9.88 Å². The minimum atomic E-state index is 0.127. The highest BCUT2D eigenvalue weighted by Crippen LogP contribution is 2.09. The van der Waals surface area contributed by atoms with Gasteiger partial charge in [0.1, 0.15) is 0 Å². The number of rotatable bonds is 2. The average molecular weight is 205 g/mol. The molecule has 1 aliphatic heterocycles. The van der Waals surface area contributed by atoms with Crippen LogP contribution >= 0.6 is 0 Å². The monoisotopic (exact) mass is 205 g/mol. The van der Waals surface area contributed by atoms with E-state index in [2.05, 4.69) is 4.98 Å². The molecule has 0 spiro atoms. The molecule has 1 aliphatic rings. The van der Waals surface area contributed by atoms with Crippen LogP contribution < -0.4 is 5.73 Å². The summed E-state index contributed by atoms with van der Waals surface area (Å²) in [7, 11) is 0. The first kappa shape index (κ1) is 10.1. The Bertz CT molecular complexity index is 339. The van der Waals surface area contributed by atoms with E-state index in [9.17, 15) is 4.79 Å². The Morgan fingerprint density at radius 1 is 1.60 bits per heavy atom. The molecule has 1 atom stereocenters.